The van der Waals surface area contributed by atoms with E-state index in [2.05, 4.69) is 24.4 Å². The lowest BCUT2D eigenvalue weighted by atomic mass is 10.1. The van der Waals surface area contributed by atoms with Gasteiger partial charge < -0.3 is 15.1 Å². The highest BCUT2D eigenvalue weighted by Crippen LogP contribution is 2.28. The number of unbranched alkanes of at least 4 members (excludes halogenated alkanes) is 1. The van der Waals surface area contributed by atoms with E-state index in [1.54, 1.807) is 4.90 Å². The van der Waals surface area contributed by atoms with Crippen LogP contribution in [0.3, 0.4) is 0 Å². The maximum atomic E-state index is 12.8. The first kappa shape index (κ1) is 18.9. The van der Waals surface area contributed by atoms with Gasteiger partial charge in [0, 0.05) is 31.7 Å². The average molecular weight is 357 g/mol. The molecule has 1 aromatic rings. The van der Waals surface area contributed by atoms with Crippen LogP contribution < -0.4 is 10.2 Å². The predicted octanol–water partition coefficient (Wildman–Crippen LogP) is 2.45. The molecule has 1 N–H and O–H groups in total. The number of anilines is 1. The number of likely N-dealkylation sites (tertiary alicyclic amines) is 1. The molecule has 2 amide bonds. The predicted molar refractivity (Wildman–Crippen MR) is 104 cm³/mol. The molecule has 5 nitrogen and oxygen atoms in total. The third-order valence-corrected chi connectivity index (χ3v) is 5.63. The summed E-state index contributed by atoms with van der Waals surface area (Å²) in [6, 6.07) is 8.26. The normalized spacial score (nSPS) is 23.1. The van der Waals surface area contributed by atoms with Crippen LogP contribution in [0.2, 0.25) is 0 Å². The average Bonchev–Trinajstić information content (AvgIpc) is 3.27. The molecule has 2 fully saturated rings. The van der Waals surface area contributed by atoms with Crippen molar-refractivity contribution in [2.45, 2.75) is 39.0 Å². The first-order valence-electron chi connectivity index (χ1n) is 9.95. The number of hydrogen-bond donors (Lipinski definition) is 1. The van der Waals surface area contributed by atoms with Crippen molar-refractivity contribution in [2.75, 3.05) is 38.1 Å². The molecular weight excluding hydrogens is 326 g/mol. The van der Waals surface area contributed by atoms with Crippen LogP contribution in [0.1, 0.15) is 38.2 Å². The van der Waals surface area contributed by atoms with Gasteiger partial charge in [0.05, 0.1) is 5.92 Å². The van der Waals surface area contributed by atoms with Crippen LogP contribution in [-0.2, 0) is 16.0 Å². The standard InChI is InChI=1S/C21H31N3O2/c1-3-4-5-16-6-8-19(9-7-16)24-15-18(12-20(24)25)21(26)23-11-10-17(14-23)13-22-2/h6-9,17-18,22H,3-5,10-15H2,1-2H3. The highest BCUT2D eigenvalue weighted by Gasteiger charge is 2.38. The maximum Gasteiger partial charge on any atom is 0.228 e. The van der Waals surface area contributed by atoms with Gasteiger partial charge >= 0.3 is 0 Å². The Morgan fingerprint density at radius 1 is 1.23 bits per heavy atom. The number of hydrogen-bond acceptors (Lipinski definition) is 3. The molecule has 2 saturated heterocycles. The third kappa shape index (κ3) is 4.26. The number of nitrogens with zero attached hydrogens (tertiary/aromatic N) is 2. The Morgan fingerprint density at radius 2 is 2.00 bits per heavy atom. The number of nitrogens with one attached hydrogen (secondary N) is 1. The lowest BCUT2D eigenvalue weighted by molar-refractivity contribution is -0.134. The van der Waals surface area contributed by atoms with E-state index in [9.17, 15) is 9.59 Å². The van der Waals surface area contributed by atoms with Crippen LogP contribution in [0.5, 0.6) is 0 Å². The monoisotopic (exact) mass is 357 g/mol. The van der Waals surface area contributed by atoms with E-state index in [4.69, 9.17) is 0 Å². The summed E-state index contributed by atoms with van der Waals surface area (Å²) in [5.41, 5.74) is 2.22. The second-order valence-corrected chi connectivity index (χ2v) is 7.67. The molecule has 0 radical (unpaired) electrons. The molecular formula is C21H31N3O2. The second kappa shape index (κ2) is 8.67. The van der Waals surface area contributed by atoms with Gasteiger partial charge in [-0.25, -0.2) is 0 Å². The number of aryl methyl sites for hydroxylation is 1. The molecule has 1 aromatic carbocycles. The summed E-state index contributed by atoms with van der Waals surface area (Å²) < 4.78 is 0. The van der Waals surface area contributed by atoms with Gasteiger partial charge in [0.2, 0.25) is 11.8 Å². The fraction of sp³-hybridized carbons (Fsp3) is 0.619. The van der Waals surface area contributed by atoms with Crippen LogP contribution in [0.15, 0.2) is 24.3 Å². The summed E-state index contributed by atoms with van der Waals surface area (Å²) in [6.07, 6.45) is 4.83. The molecule has 2 heterocycles. The Balaban J connectivity index is 1.59. The molecule has 0 spiro atoms. The third-order valence-electron chi connectivity index (χ3n) is 5.63. The van der Waals surface area contributed by atoms with Crippen molar-refractivity contribution < 1.29 is 9.59 Å². The highest BCUT2D eigenvalue weighted by molar-refractivity contribution is 6.00. The molecule has 2 unspecified atom stereocenters. The number of amides is 2. The zero-order valence-electron chi connectivity index (χ0n) is 16.0. The fourth-order valence-corrected chi connectivity index (χ4v) is 4.09. The van der Waals surface area contributed by atoms with Crippen LogP contribution in [0, 0.1) is 11.8 Å². The topological polar surface area (TPSA) is 52.7 Å². The van der Waals surface area contributed by atoms with E-state index >= 15 is 0 Å². The molecule has 142 valence electrons. The molecule has 3 rings (SSSR count). The van der Waals surface area contributed by atoms with Gasteiger partial charge in [-0.05, 0) is 56.5 Å². The van der Waals surface area contributed by atoms with Crippen LogP contribution in [-0.4, -0.2) is 49.9 Å². The molecule has 2 aliphatic heterocycles. The lowest BCUT2D eigenvalue weighted by Gasteiger charge is -2.21. The first-order valence-corrected chi connectivity index (χ1v) is 9.95. The van der Waals surface area contributed by atoms with Crippen molar-refractivity contribution in [1.82, 2.24) is 10.2 Å². The summed E-state index contributed by atoms with van der Waals surface area (Å²) >= 11 is 0. The zero-order valence-corrected chi connectivity index (χ0v) is 16.0. The Hall–Kier alpha value is -1.88. The summed E-state index contributed by atoms with van der Waals surface area (Å²) in [5.74, 6) is 0.554. The molecule has 0 saturated carbocycles. The van der Waals surface area contributed by atoms with Crippen LogP contribution >= 0.6 is 0 Å². The SMILES string of the molecule is CCCCc1ccc(N2CC(C(=O)N3CCC(CNC)C3)CC2=O)cc1. The Bertz CT molecular complexity index is 629. The molecule has 2 atom stereocenters. The minimum atomic E-state index is -0.199. The van der Waals surface area contributed by atoms with Crippen molar-refractivity contribution in [3.05, 3.63) is 29.8 Å². The number of rotatable bonds is 7. The summed E-state index contributed by atoms with van der Waals surface area (Å²) in [4.78, 5) is 29.0. The van der Waals surface area contributed by atoms with Crippen molar-refractivity contribution in [3.8, 4) is 0 Å². The minimum Gasteiger partial charge on any atom is -0.342 e. The van der Waals surface area contributed by atoms with Gasteiger partial charge in [-0.3, -0.25) is 9.59 Å². The van der Waals surface area contributed by atoms with Gasteiger partial charge in [0.15, 0.2) is 0 Å². The summed E-state index contributed by atoms with van der Waals surface area (Å²) in [7, 11) is 1.95. The molecule has 5 heteroatoms. The maximum absolute atomic E-state index is 12.8. The largest absolute Gasteiger partial charge is 0.342 e. The second-order valence-electron chi connectivity index (χ2n) is 7.67. The summed E-state index contributed by atoms with van der Waals surface area (Å²) in [6.45, 7) is 5.29. The molecule has 2 aliphatic rings. The number of benzene rings is 1. The van der Waals surface area contributed by atoms with Gasteiger partial charge in [0.1, 0.15) is 0 Å². The van der Waals surface area contributed by atoms with Gasteiger partial charge in [0.25, 0.3) is 0 Å². The van der Waals surface area contributed by atoms with Crippen LogP contribution in [0.25, 0.3) is 0 Å². The Kier molecular flexibility index (Phi) is 6.30. The van der Waals surface area contributed by atoms with E-state index in [-0.39, 0.29) is 17.7 Å². The van der Waals surface area contributed by atoms with Crippen molar-refractivity contribution >= 4 is 17.5 Å². The highest BCUT2D eigenvalue weighted by atomic mass is 16.2. The van der Waals surface area contributed by atoms with Gasteiger partial charge in [-0.2, -0.15) is 0 Å². The fourth-order valence-electron chi connectivity index (χ4n) is 4.09. The van der Waals surface area contributed by atoms with E-state index < -0.39 is 0 Å². The first-order chi connectivity index (χ1) is 12.6. The summed E-state index contributed by atoms with van der Waals surface area (Å²) in [5, 5.41) is 3.19. The van der Waals surface area contributed by atoms with Gasteiger partial charge in [-0.15, -0.1) is 0 Å². The molecule has 0 aliphatic carbocycles. The Morgan fingerprint density at radius 3 is 2.69 bits per heavy atom. The van der Waals surface area contributed by atoms with E-state index in [0.29, 0.717) is 18.9 Å². The zero-order chi connectivity index (χ0) is 18.5. The van der Waals surface area contributed by atoms with Gasteiger partial charge in [-0.1, -0.05) is 25.5 Å². The smallest absolute Gasteiger partial charge is 0.228 e. The Labute approximate surface area is 156 Å². The quantitative estimate of drug-likeness (QED) is 0.815. The number of carbonyl (C=O) groups is 2. The molecule has 0 aromatic heterocycles. The van der Waals surface area contributed by atoms with Crippen LogP contribution in [0.4, 0.5) is 5.69 Å². The van der Waals surface area contributed by atoms with E-state index in [1.165, 1.54) is 18.4 Å². The molecule has 26 heavy (non-hydrogen) atoms. The van der Waals surface area contributed by atoms with Crippen molar-refractivity contribution in [2.24, 2.45) is 11.8 Å². The van der Waals surface area contributed by atoms with E-state index in [1.807, 2.05) is 24.1 Å². The minimum absolute atomic E-state index is 0.0654. The van der Waals surface area contributed by atoms with Crippen molar-refractivity contribution in [3.63, 3.8) is 0 Å². The number of carbonyl (C=O) groups excluding carboxylic acids is 2. The van der Waals surface area contributed by atoms with E-state index in [0.717, 1.165) is 38.2 Å². The van der Waals surface area contributed by atoms with Crippen molar-refractivity contribution in [1.29, 1.82) is 0 Å². The lowest BCUT2D eigenvalue weighted by Crippen LogP contribution is -2.36. The molecule has 0 bridgehead atoms.